The van der Waals surface area contributed by atoms with E-state index >= 15 is 0 Å². The van der Waals surface area contributed by atoms with Crippen LogP contribution in [-0.2, 0) is 25.8 Å². The first-order valence-corrected chi connectivity index (χ1v) is 7.88. The third-order valence-corrected chi connectivity index (χ3v) is 3.77. The molecular formula is C13H19NO4S. The van der Waals surface area contributed by atoms with Gasteiger partial charge in [-0.15, -0.1) is 0 Å². The SMILES string of the molecule is COCCCNC(=O)Cc1ccccc1S(C)(=O)=O. The second-order valence-electron chi connectivity index (χ2n) is 4.25. The zero-order chi connectivity index (χ0) is 14.3. The lowest BCUT2D eigenvalue weighted by atomic mass is 10.1. The standard InChI is InChI=1S/C13H19NO4S/c1-18-9-5-8-14-13(15)10-11-6-3-4-7-12(11)19(2,16)17/h3-4,6-7H,5,8-10H2,1-2H3,(H,14,15). The first kappa shape index (κ1) is 15.7. The number of ether oxygens (including phenoxy) is 1. The van der Waals surface area contributed by atoms with Gasteiger partial charge in [-0.2, -0.15) is 0 Å². The Morgan fingerprint density at radius 2 is 2.00 bits per heavy atom. The summed E-state index contributed by atoms with van der Waals surface area (Å²) in [6, 6.07) is 6.55. The molecule has 0 atom stereocenters. The predicted octanol–water partition coefficient (Wildman–Crippen LogP) is 0.785. The summed E-state index contributed by atoms with van der Waals surface area (Å²) in [5.74, 6) is -0.188. The lowest BCUT2D eigenvalue weighted by Crippen LogP contribution is -2.27. The largest absolute Gasteiger partial charge is 0.385 e. The molecule has 0 unspecified atom stereocenters. The highest BCUT2D eigenvalue weighted by atomic mass is 32.2. The van der Waals surface area contributed by atoms with E-state index in [1.54, 1.807) is 25.3 Å². The average Bonchev–Trinajstić information content (AvgIpc) is 2.34. The molecule has 1 N–H and O–H groups in total. The van der Waals surface area contributed by atoms with E-state index in [0.29, 0.717) is 18.7 Å². The molecular weight excluding hydrogens is 266 g/mol. The van der Waals surface area contributed by atoms with E-state index in [0.717, 1.165) is 12.7 Å². The molecule has 0 heterocycles. The van der Waals surface area contributed by atoms with Crippen LogP contribution in [0.15, 0.2) is 29.2 Å². The molecule has 19 heavy (non-hydrogen) atoms. The smallest absolute Gasteiger partial charge is 0.224 e. The molecule has 0 aliphatic carbocycles. The number of nitrogens with one attached hydrogen (secondary N) is 1. The van der Waals surface area contributed by atoms with Crippen molar-refractivity contribution in [3.05, 3.63) is 29.8 Å². The Kier molecular flexibility index (Phi) is 5.98. The van der Waals surface area contributed by atoms with E-state index in [1.165, 1.54) is 6.07 Å². The van der Waals surface area contributed by atoms with Crippen molar-refractivity contribution in [2.75, 3.05) is 26.5 Å². The quantitative estimate of drug-likeness (QED) is 0.752. The number of hydrogen-bond donors (Lipinski definition) is 1. The van der Waals surface area contributed by atoms with Crippen LogP contribution in [0.3, 0.4) is 0 Å². The van der Waals surface area contributed by atoms with Gasteiger partial charge in [-0.05, 0) is 18.1 Å². The first-order chi connectivity index (χ1) is 8.95. The number of carbonyl (C=O) groups is 1. The average molecular weight is 285 g/mol. The Bertz CT molecular complexity index is 525. The van der Waals surface area contributed by atoms with Gasteiger partial charge in [-0.1, -0.05) is 18.2 Å². The van der Waals surface area contributed by atoms with Crippen LogP contribution in [-0.4, -0.2) is 40.8 Å². The zero-order valence-corrected chi connectivity index (χ0v) is 12.0. The van der Waals surface area contributed by atoms with E-state index in [9.17, 15) is 13.2 Å². The second kappa shape index (κ2) is 7.25. The summed E-state index contributed by atoms with van der Waals surface area (Å²) >= 11 is 0. The number of benzene rings is 1. The van der Waals surface area contributed by atoms with Crippen molar-refractivity contribution in [2.24, 2.45) is 0 Å². The van der Waals surface area contributed by atoms with Crippen molar-refractivity contribution < 1.29 is 17.9 Å². The highest BCUT2D eigenvalue weighted by Gasteiger charge is 2.14. The molecule has 0 aromatic heterocycles. The summed E-state index contributed by atoms with van der Waals surface area (Å²) in [4.78, 5) is 11.9. The van der Waals surface area contributed by atoms with Gasteiger partial charge in [0.1, 0.15) is 0 Å². The molecule has 0 saturated carbocycles. The summed E-state index contributed by atoms with van der Waals surface area (Å²) in [5, 5.41) is 2.73. The normalized spacial score (nSPS) is 11.3. The topological polar surface area (TPSA) is 72.5 Å². The van der Waals surface area contributed by atoms with Crippen molar-refractivity contribution in [2.45, 2.75) is 17.7 Å². The van der Waals surface area contributed by atoms with Crippen molar-refractivity contribution >= 4 is 15.7 Å². The number of carbonyl (C=O) groups excluding carboxylic acids is 1. The summed E-state index contributed by atoms with van der Waals surface area (Å²) in [5.41, 5.74) is 0.522. The zero-order valence-electron chi connectivity index (χ0n) is 11.2. The number of rotatable bonds is 7. The van der Waals surface area contributed by atoms with Gasteiger partial charge < -0.3 is 10.1 Å². The van der Waals surface area contributed by atoms with Crippen molar-refractivity contribution in [1.29, 1.82) is 0 Å². The van der Waals surface area contributed by atoms with Gasteiger partial charge >= 0.3 is 0 Å². The third kappa shape index (κ3) is 5.40. The summed E-state index contributed by atoms with van der Waals surface area (Å²) < 4.78 is 28.0. The maximum atomic E-state index is 11.7. The maximum Gasteiger partial charge on any atom is 0.224 e. The Morgan fingerprint density at radius 1 is 1.32 bits per heavy atom. The maximum absolute atomic E-state index is 11.7. The molecule has 106 valence electrons. The van der Waals surface area contributed by atoms with E-state index in [1.807, 2.05) is 0 Å². The molecule has 1 aromatic rings. The molecule has 0 saturated heterocycles. The lowest BCUT2D eigenvalue weighted by Gasteiger charge is -2.08. The molecule has 1 rings (SSSR count). The molecule has 5 nitrogen and oxygen atoms in total. The number of hydrogen-bond acceptors (Lipinski definition) is 4. The van der Waals surface area contributed by atoms with Crippen LogP contribution in [0.25, 0.3) is 0 Å². The minimum atomic E-state index is -3.31. The molecule has 0 fully saturated rings. The van der Waals surface area contributed by atoms with Gasteiger partial charge in [-0.25, -0.2) is 8.42 Å². The van der Waals surface area contributed by atoms with Crippen LogP contribution in [0.4, 0.5) is 0 Å². The van der Waals surface area contributed by atoms with Crippen molar-refractivity contribution in [3.63, 3.8) is 0 Å². The van der Waals surface area contributed by atoms with E-state index in [-0.39, 0.29) is 17.2 Å². The summed E-state index contributed by atoms with van der Waals surface area (Å²) in [7, 11) is -1.71. The van der Waals surface area contributed by atoms with E-state index < -0.39 is 9.84 Å². The Balaban J connectivity index is 2.65. The highest BCUT2D eigenvalue weighted by Crippen LogP contribution is 2.15. The van der Waals surface area contributed by atoms with Crippen molar-refractivity contribution in [1.82, 2.24) is 5.32 Å². The van der Waals surface area contributed by atoms with Gasteiger partial charge in [-0.3, -0.25) is 4.79 Å². The van der Waals surface area contributed by atoms with E-state index in [4.69, 9.17) is 4.74 Å². The lowest BCUT2D eigenvalue weighted by molar-refractivity contribution is -0.120. The first-order valence-electron chi connectivity index (χ1n) is 5.98. The van der Waals surface area contributed by atoms with Crippen LogP contribution in [0, 0.1) is 0 Å². The number of amides is 1. The van der Waals surface area contributed by atoms with Crippen LogP contribution >= 0.6 is 0 Å². The van der Waals surface area contributed by atoms with Crippen LogP contribution in [0.2, 0.25) is 0 Å². The van der Waals surface area contributed by atoms with Crippen LogP contribution in [0.5, 0.6) is 0 Å². The van der Waals surface area contributed by atoms with Gasteiger partial charge in [0.2, 0.25) is 5.91 Å². The monoisotopic (exact) mass is 285 g/mol. The second-order valence-corrected chi connectivity index (χ2v) is 6.24. The van der Waals surface area contributed by atoms with Gasteiger partial charge in [0, 0.05) is 26.5 Å². The molecule has 0 aliphatic heterocycles. The van der Waals surface area contributed by atoms with Gasteiger partial charge in [0.05, 0.1) is 11.3 Å². The van der Waals surface area contributed by atoms with Gasteiger partial charge in [0.25, 0.3) is 0 Å². The Morgan fingerprint density at radius 3 is 2.63 bits per heavy atom. The van der Waals surface area contributed by atoms with Crippen LogP contribution < -0.4 is 5.32 Å². The van der Waals surface area contributed by atoms with E-state index in [2.05, 4.69) is 5.32 Å². The fourth-order valence-corrected chi connectivity index (χ4v) is 2.63. The van der Waals surface area contributed by atoms with Crippen LogP contribution in [0.1, 0.15) is 12.0 Å². The summed E-state index contributed by atoms with van der Waals surface area (Å²) in [6.45, 7) is 1.11. The molecule has 0 aliphatic rings. The number of sulfone groups is 1. The molecule has 1 amide bonds. The summed E-state index contributed by atoms with van der Waals surface area (Å²) in [6.07, 6.45) is 1.94. The molecule has 6 heteroatoms. The highest BCUT2D eigenvalue weighted by molar-refractivity contribution is 7.90. The Hall–Kier alpha value is -1.40. The van der Waals surface area contributed by atoms with Gasteiger partial charge in [0.15, 0.2) is 9.84 Å². The third-order valence-electron chi connectivity index (χ3n) is 2.57. The van der Waals surface area contributed by atoms with Crippen molar-refractivity contribution in [3.8, 4) is 0 Å². The molecule has 0 radical (unpaired) electrons. The molecule has 0 bridgehead atoms. The number of methoxy groups -OCH3 is 1. The minimum Gasteiger partial charge on any atom is -0.385 e. The fourth-order valence-electron chi connectivity index (χ4n) is 1.69. The Labute approximate surface area is 113 Å². The molecule has 1 aromatic carbocycles. The fraction of sp³-hybridized carbons (Fsp3) is 0.462. The molecule has 0 spiro atoms. The predicted molar refractivity (Wildman–Crippen MR) is 72.8 cm³/mol. The minimum absolute atomic E-state index is 0.0657.